The molecule has 8 heteroatoms. The van der Waals surface area contributed by atoms with Crippen molar-refractivity contribution in [2.45, 2.75) is 20.3 Å². The maximum Gasteiger partial charge on any atom is 0.276 e. The third-order valence-electron chi connectivity index (χ3n) is 3.82. The monoisotopic (exact) mass is 326 g/mol. The first kappa shape index (κ1) is 13.9. The molecular weight excluding hydrogens is 312 g/mol. The van der Waals surface area contributed by atoms with Gasteiger partial charge in [-0.15, -0.1) is 11.3 Å². The van der Waals surface area contributed by atoms with Crippen LogP contribution in [0.4, 0.5) is 0 Å². The molecule has 0 aliphatic heterocycles. The van der Waals surface area contributed by atoms with E-state index in [1.54, 1.807) is 23.3 Å². The van der Waals surface area contributed by atoms with Crippen molar-refractivity contribution >= 4 is 17.0 Å². The standard InChI is InChI=1S/C15H14N6OS/c1-3-11-9(2)19-13-12(7-18-21(13)14(11)22)10-6-17-20(8-10)15-16-4-5-23-15/h4-8,18H,3H2,1-2H3. The fraction of sp³-hybridized carbons (Fsp3) is 0.200. The molecule has 4 heterocycles. The topological polar surface area (TPSA) is 80.9 Å². The molecule has 0 spiro atoms. The Hall–Kier alpha value is -2.74. The summed E-state index contributed by atoms with van der Waals surface area (Å²) >= 11 is 1.51. The highest BCUT2D eigenvalue weighted by Gasteiger charge is 2.15. The van der Waals surface area contributed by atoms with Crippen molar-refractivity contribution in [1.82, 2.24) is 29.4 Å². The van der Waals surface area contributed by atoms with Crippen molar-refractivity contribution in [1.29, 1.82) is 0 Å². The summed E-state index contributed by atoms with van der Waals surface area (Å²) in [6.45, 7) is 3.83. The van der Waals surface area contributed by atoms with Crippen LogP contribution in [0, 0.1) is 6.92 Å². The Kier molecular flexibility index (Phi) is 3.12. The molecule has 4 aromatic heterocycles. The molecular formula is C15H14N6OS. The minimum Gasteiger partial charge on any atom is -0.296 e. The van der Waals surface area contributed by atoms with E-state index in [2.05, 4.69) is 20.2 Å². The van der Waals surface area contributed by atoms with Gasteiger partial charge in [-0.3, -0.25) is 9.89 Å². The van der Waals surface area contributed by atoms with Gasteiger partial charge in [0.15, 0.2) is 5.65 Å². The van der Waals surface area contributed by atoms with Crippen molar-refractivity contribution in [2.75, 3.05) is 0 Å². The van der Waals surface area contributed by atoms with Gasteiger partial charge >= 0.3 is 0 Å². The molecule has 0 aromatic carbocycles. The van der Waals surface area contributed by atoms with E-state index in [9.17, 15) is 4.79 Å². The number of fused-ring (bicyclic) bond motifs is 1. The number of aromatic nitrogens is 6. The normalized spacial score (nSPS) is 11.4. The van der Waals surface area contributed by atoms with E-state index in [4.69, 9.17) is 0 Å². The first-order valence-electron chi connectivity index (χ1n) is 7.23. The van der Waals surface area contributed by atoms with Gasteiger partial charge in [-0.25, -0.2) is 19.2 Å². The molecule has 0 fully saturated rings. The minimum atomic E-state index is -0.0476. The Labute approximate surface area is 135 Å². The quantitative estimate of drug-likeness (QED) is 0.626. The molecule has 116 valence electrons. The lowest BCUT2D eigenvalue weighted by Gasteiger charge is -2.03. The highest BCUT2D eigenvalue weighted by molar-refractivity contribution is 7.12. The summed E-state index contributed by atoms with van der Waals surface area (Å²) in [5.41, 5.74) is 3.79. The lowest BCUT2D eigenvalue weighted by Crippen LogP contribution is -2.21. The summed E-state index contributed by atoms with van der Waals surface area (Å²) in [5, 5.41) is 10.0. The van der Waals surface area contributed by atoms with E-state index in [1.165, 1.54) is 15.9 Å². The van der Waals surface area contributed by atoms with Crippen molar-refractivity contribution in [3.05, 3.63) is 51.8 Å². The zero-order chi connectivity index (χ0) is 16.0. The van der Waals surface area contributed by atoms with E-state index >= 15 is 0 Å². The second-order valence-electron chi connectivity index (χ2n) is 5.17. The van der Waals surface area contributed by atoms with Gasteiger partial charge in [-0.2, -0.15) is 5.10 Å². The van der Waals surface area contributed by atoms with Crippen molar-refractivity contribution in [2.24, 2.45) is 0 Å². The predicted octanol–water partition coefficient (Wildman–Crippen LogP) is 2.20. The number of hydrogen-bond acceptors (Lipinski definition) is 5. The first-order valence-corrected chi connectivity index (χ1v) is 8.11. The highest BCUT2D eigenvalue weighted by Crippen LogP contribution is 2.24. The fourth-order valence-corrected chi connectivity index (χ4v) is 3.24. The molecule has 0 bridgehead atoms. The van der Waals surface area contributed by atoms with Crippen LogP contribution in [-0.4, -0.2) is 29.4 Å². The van der Waals surface area contributed by atoms with E-state index in [0.29, 0.717) is 12.1 Å². The molecule has 0 aliphatic carbocycles. The van der Waals surface area contributed by atoms with Crippen LogP contribution in [0.25, 0.3) is 21.9 Å². The largest absolute Gasteiger partial charge is 0.296 e. The molecule has 0 unspecified atom stereocenters. The van der Waals surface area contributed by atoms with E-state index in [1.807, 2.05) is 25.4 Å². The summed E-state index contributed by atoms with van der Waals surface area (Å²) in [7, 11) is 0. The van der Waals surface area contributed by atoms with Crippen LogP contribution >= 0.6 is 11.3 Å². The summed E-state index contributed by atoms with van der Waals surface area (Å²) in [5.74, 6) is 0. The summed E-state index contributed by atoms with van der Waals surface area (Å²) < 4.78 is 3.21. The van der Waals surface area contributed by atoms with Crippen LogP contribution in [0.3, 0.4) is 0 Å². The molecule has 0 atom stereocenters. The number of aromatic amines is 1. The number of thiazole rings is 1. The summed E-state index contributed by atoms with van der Waals surface area (Å²) in [4.78, 5) is 21.3. The Morgan fingerprint density at radius 2 is 2.26 bits per heavy atom. The number of nitrogens with zero attached hydrogens (tertiary/aromatic N) is 5. The Bertz CT molecular complexity index is 1040. The van der Waals surface area contributed by atoms with Gasteiger partial charge in [0.1, 0.15) is 0 Å². The van der Waals surface area contributed by atoms with Gasteiger partial charge in [0, 0.05) is 46.4 Å². The Balaban J connectivity index is 1.89. The second kappa shape index (κ2) is 5.17. The number of H-pyrrole nitrogens is 1. The molecule has 1 N–H and O–H groups in total. The average Bonchev–Trinajstić information content (AvgIpc) is 3.27. The van der Waals surface area contributed by atoms with Crippen LogP contribution < -0.4 is 5.56 Å². The third-order valence-corrected chi connectivity index (χ3v) is 4.59. The van der Waals surface area contributed by atoms with Gasteiger partial charge in [-0.05, 0) is 13.3 Å². The van der Waals surface area contributed by atoms with E-state index < -0.39 is 0 Å². The maximum absolute atomic E-state index is 12.5. The SMILES string of the molecule is CCc1c(C)nc2c(-c3cnn(-c4nccs4)c3)c[nH]n2c1=O. The predicted molar refractivity (Wildman–Crippen MR) is 88.2 cm³/mol. The molecule has 0 amide bonds. The summed E-state index contributed by atoms with van der Waals surface area (Å²) in [6, 6.07) is 0. The average molecular weight is 326 g/mol. The zero-order valence-corrected chi connectivity index (χ0v) is 13.5. The van der Waals surface area contributed by atoms with Gasteiger partial charge in [0.05, 0.1) is 6.20 Å². The number of rotatable bonds is 3. The molecule has 0 aliphatic rings. The zero-order valence-electron chi connectivity index (χ0n) is 12.6. The molecule has 4 aromatic rings. The van der Waals surface area contributed by atoms with Gasteiger partial charge < -0.3 is 0 Å². The first-order chi connectivity index (χ1) is 11.2. The van der Waals surface area contributed by atoms with Crippen LogP contribution in [0.15, 0.2) is 35.0 Å². The molecule has 4 rings (SSSR count). The molecule has 0 radical (unpaired) electrons. The van der Waals surface area contributed by atoms with Crippen LogP contribution in [0.2, 0.25) is 0 Å². The van der Waals surface area contributed by atoms with Gasteiger partial charge in [-0.1, -0.05) is 6.92 Å². The number of aryl methyl sites for hydroxylation is 1. The van der Waals surface area contributed by atoms with Crippen LogP contribution in [0.5, 0.6) is 0 Å². The number of nitrogens with one attached hydrogen (secondary N) is 1. The molecule has 23 heavy (non-hydrogen) atoms. The second-order valence-corrected chi connectivity index (χ2v) is 6.04. The Morgan fingerprint density at radius 1 is 1.39 bits per heavy atom. The fourth-order valence-electron chi connectivity index (χ4n) is 2.67. The lowest BCUT2D eigenvalue weighted by atomic mass is 10.1. The summed E-state index contributed by atoms with van der Waals surface area (Å²) in [6.07, 6.45) is 7.82. The highest BCUT2D eigenvalue weighted by atomic mass is 32.1. The van der Waals surface area contributed by atoms with Crippen LogP contribution in [0.1, 0.15) is 18.2 Å². The number of hydrogen-bond donors (Lipinski definition) is 1. The smallest absolute Gasteiger partial charge is 0.276 e. The molecule has 0 saturated carbocycles. The Morgan fingerprint density at radius 3 is 3.00 bits per heavy atom. The van der Waals surface area contributed by atoms with Gasteiger partial charge in [0.2, 0.25) is 5.13 Å². The van der Waals surface area contributed by atoms with Gasteiger partial charge in [0.25, 0.3) is 5.56 Å². The van der Waals surface area contributed by atoms with E-state index in [-0.39, 0.29) is 5.56 Å². The maximum atomic E-state index is 12.5. The third kappa shape index (κ3) is 2.10. The van der Waals surface area contributed by atoms with E-state index in [0.717, 1.165) is 27.5 Å². The molecule has 0 saturated heterocycles. The van der Waals surface area contributed by atoms with Crippen molar-refractivity contribution in [3.8, 4) is 16.3 Å². The van der Waals surface area contributed by atoms with Crippen molar-refractivity contribution in [3.63, 3.8) is 0 Å². The lowest BCUT2D eigenvalue weighted by molar-refractivity contribution is 0.853. The molecule has 7 nitrogen and oxygen atoms in total. The van der Waals surface area contributed by atoms with Crippen LogP contribution in [-0.2, 0) is 6.42 Å². The minimum absolute atomic E-state index is 0.0476. The van der Waals surface area contributed by atoms with Crippen molar-refractivity contribution < 1.29 is 0 Å².